The molecule has 2 aliphatic rings. The number of carboxylic acid groups (broad SMARTS) is 1. The lowest BCUT2D eigenvalue weighted by molar-refractivity contribution is -0.394. The topological polar surface area (TPSA) is 428 Å². The van der Waals surface area contributed by atoms with Crippen LogP contribution in [0.5, 0.6) is 23.0 Å². The average molecular weight is 805 g/mol. The highest BCUT2D eigenvalue weighted by Crippen LogP contribution is 2.50. The predicted octanol–water partition coefficient (Wildman–Crippen LogP) is 3.06. The molecule has 0 aliphatic heterocycles. The molecule has 0 aromatic heterocycles. The average Bonchev–Trinajstić information content (AvgIpc) is 3.10. The molecule has 0 atom stereocenters. The maximum absolute atomic E-state index is 13.1. The van der Waals surface area contributed by atoms with E-state index in [-0.39, 0.29) is 17.2 Å². The number of carbonyl (C=O) groups is 6. The summed E-state index contributed by atoms with van der Waals surface area (Å²) >= 11 is 0. The van der Waals surface area contributed by atoms with Crippen LogP contribution < -0.4 is 11.5 Å². The minimum Gasteiger partial charge on any atom is -0.505 e. The van der Waals surface area contributed by atoms with Gasteiger partial charge in [-0.15, -0.1) is 0 Å². The molecule has 296 valence electrons. The van der Waals surface area contributed by atoms with Gasteiger partial charge >= 0.3 is 23.0 Å². The molecule has 6 rings (SSSR count). The molecule has 0 heterocycles. The SMILES string of the molecule is CC(=O)c1c(C)c2c(c([N+](=O)[O-])c1O)C(=O)c1c([N+](=O)[O-])cc([N+](=O)[O-])c(O)c1C2=O.Cc1c(C(=O)O)c(O)c(N)c2c1C(=O)c1c(O)c([N+](=O)[O-])cc(N)c1C2=O. The smallest absolute Gasteiger partial charge is 0.339 e. The molecule has 25 heteroatoms. The number of hydrogen-bond donors (Lipinski definition) is 7. The number of carbonyl (C=O) groups excluding carboxylic acids is 5. The van der Waals surface area contributed by atoms with E-state index in [1.54, 1.807) is 0 Å². The van der Waals surface area contributed by atoms with Crippen LogP contribution in [0.4, 0.5) is 34.1 Å². The largest absolute Gasteiger partial charge is 0.505 e. The molecular formula is C33H20N6O19. The Balaban J connectivity index is 0.000000223. The van der Waals surface area contributed by atoms with Gasteiger partial charge in [0, 0.05) is 17.2 Å². The molecule has 58 heavy (non-hydrogen) atoms. The number of carboxylic acids is 1. The van der Waals surface area contributed by atoms with E-state index in [0.717, 1.165) is 26.8 Å². The number of fused-ring (bicyclic) bond motifs is 4. The van der Waals surface area contributed by atoms with E-state index in [0.29, 0.717) is 0 Å². The number of nitro benzene ring substituents is 4. The Bertz CT molecular complexity index is 2810. The zero-order valence-electron chi connectivity index (χ0n) is 29.0. The molecule has 0 spiro atoms. The van der Waals surface area contributed by atoms with Gasteiger partial charge in [0.1, 0.15) is 16.7 Å². The number of ketones is 5. The summed E-state index contributed by atoms with van der Waals surface area (Å²) in [6.45, 7) is 3.17. The molecular weight excluding hydrogens is 784 g/mol. The van der Waals surface area contributed by atoms with E-state index in [9.17, 15) is 94.8 Å². The summed E-state index contributed by atoms with van der Waals surface area (Å²) in [6.07, 6.45) is 0. The van der Waals surface area contributed by atoms with Gasteiger partial charge < -0.3 is 37.0 Å². The van der Waals surface area contributed by atoms with Crippen molar-refractivity contribution < 1.29 is 74.0 Å². The number of Topliss-reactive ketones (excluding diaryl/α,β-unsaturated/α-hetero) is 1. The molecule has 0 saturated carbocycles. The van der Waals surface area contributed by atoms with Crippen molar-refractivity contribution in [1.82, 2.24) is 0 Å². The van der Waals surface area contributed by atoms with Gasteiger partial charge in [0.2, 0.25) is 23.0 Å². The number of nitro groups is 4. The summed E-state index contributed by atoms with van der Waals surface area (Å²) in [4.78, 5) is 116. The molecule has 0 saturated heterocycles. The first-order chi connectivity index (χ1) is 26.8. The first kappa shape index (κ1) is 40.3. The molecule has 4 aromatic rings. The van der Waals surface area contributed by atoms with Crippen LogP contribution in [0.15, 0.2) is 12.1 Å². The molecule has 4 aromatic carbocycles. The van der Waals surface area contributed by atoms with Gasteiger partial charge in [-0.3, -0.25) is 64.4 Å². The van der Waals surface area contributed by atoms with Crippen LogP contribution >= 0.6 is 0 Å². The fourth-order valence-corrected chi connectivity index (χ4v) is 6.78. The third-order valence-electron chi connectivity index (χ3n) is 9.18. The van der Waals surface area contributed by atoms with E-state index in [1.165, 1.54) is 0 Å². The summed E-state index contributed by atoms with van der Waals surface area (Å²) in [5.74, 6) is -12.0. The van der Waals surface area contributed by atoms with Crippen molar-refractivity contribution in [3.8, 4) is 23.0 Å². The van der Waals surface area contributed by atoms with Crippen LogP contribution in [0.25, 0.3) is 0 Å². The zero-order chi connectivity index (χ0) is 43.9. The fourth-order valence-electron chi connectivity index (χ4n) is 6.78. The van der Waals surface area contributed by atoms with Crippen LogP contribution in [0.3, 0.4) is 0 Å². The maximum Gasteiger partial charge on any atom is 0.339 e. The van der Waals surface area contributed by atoms with Gasteiger partial charge in [0.05, 0.1) is 65.0 Å². The Morgan fingerprint density at radius 1 is 0.534 bits per heavy atom. The van der Waals surface area contributed by atoms with Crippen LogP contribution in [0, 0.1) is 54.3 Å². The number of rotatable bonds is 6. The number of anilines is 2. The number of aromatic carboxylic acids is 1. The van der Waals surface area contributed by atoms with E-state index in [1.807, 2.05) is 0 Å². The van der Waals surface area contributed by atoms with Gasteiger partial charge in [-0.1, -0.05) is 0 Å². The minimum absolute atomic E-state index is 0.243. The molecule has 2 aliphatic carbocycles. The van der Waals surface area contributed by atoms with Gasteiger partial charge in [-0.25, -0.2) is 4.79 Å². The number of nitrogen functional groups attached to an aromatic ring is 2. The monoisotopic (exact) mass is 804 g/mol. The molecule has 9 N–H and O–H groups in total. The Labute approximate surface area is 317 Å². The third-order valence-corrected chi connectivity index (χ3v) is 9.18. The second-order valence-corrected chi connectivity index (χ2v) is 12.3. The summed E-state index contributed by atoms with van der Waals surface area (Å²) in [6, 6.07) is 0.964. The molecule has 0 fully saturated rings. The zero-order valence-corrected chi connectivity index (χ0v) is 29.0. The number of hydrogen-bond acceptors (Lipinski definition) is 20. The van der Waals surface area contributed by atoms with Gasteiger partial charge in [0.25, 0.3) is 5.69 Å². The molecule has 0 bridgehead atoms. The van der Waals surface area contributed by atoms with Crippen LogP contribution in [0.2, 0.25) is 0 Å². The molecule has 0 unspecified atom stereocenters. The summed E-state index contributed by atoms with van der Waals surface area (Å²) in [7, 11) is 0. The second-order valence-electron chi connectivity index (χ2n) is 12.3. The number of nitrogens with zero attached hydrogens (tertiary/aromatic N) is 4. The third kappa shape index (κ3) is 5.48. The minimum atomic E-state index is -1.60. The number of phenolic OH excluding ortho intramolecular Hbond substituents is 3. The Hall–Kier alpha value is -8.90. The Kier molecular flexibility index (Phi) is 9.34. The first-order valence-electron chi connectivity index (χ1n) is 15.4. The van der Waals surface area contributed by atoms with Crippen molar-refractivity contribution in [3.05, 3.63) is 119 Å². The van der Waals surface area contributed by atoms with Crippen molar-refractivity contribution in [2.45, 2.75) is 20.8 Å². The van der Waals surface area contributed by atoms with Crippen molar-refractivity contribution in [1.29, 1.82) is 0 Å². The summed E-state index contributed by atoms with van der Waals surface area (Å²) in [5, 5.41) is 95.2. The number of nitrogens with two attached hydrogens (primary N) is 2. The Morgan fingerprint density at radius 3 is 1.40 bits per heavy atom. The van der Waals surface area contributed by atoms with E-state index in [4.69, 9.17) is 11.5 Å². The number of benzene rings is 4. The lowest BCUT2D eigenvalue weighted by Gasteiger charge is -2.24. The summed E-state index contributed by atoms with van der Waals surface area (Å²) in [5.41, 5.74) is -2.65. The summed E-state index contributed by atoms with van der Waals surface area (Å²) < 4.78 is 0. The molecule has 25 nitrogen and oxygen atoms in total. The van der Waals surface area contributed by atoms with Crippen molar-refractivity contribution >= 4 is 69.0 Å². The highest BCUT2D eigenvalue weighted by Gasteiger charge is 2.48. The van der Waals surface area contributed by atoms with Gasteiger partial charge in [-0.2, -0.15) is 0 Å². The van der Waals surface area contributed by atoms with Gasteiger partial charge in [-0.05, 0) is 31.9 Å². The number of phenols is 4. The van der Waals surface area contributed by atoms with Crippen LogP contribution in [-0.2, 0) is 0 Å². The fraction of sp³-hybridized carbons (Fsp3) is 0.0909. The highest BCUT2D eigenvalue weighted by atomic mass is 16.6. The van der Waals surface area contributed by atoms with E-state index >= 15 is 0 Å². The van der Waals surface area contributed by atoms with Crippen molar-refractivity contribution in [2.75, 3.05) is 11.5 Å². The van der Waals surface area contributed by atoms with E-state index < -0.39 is 167 Å². The van der Waals surface area contributed by atoms with Crippen LogP contribution in [-0.4, -0.2) is 80.1 Å². The standard InChI is InChI=1S/C17H9N3O11.C16H11N3O8/c1-4-8(5(2)21)17(25)13(20(30)31)11-9(4)15(23)12-10(16(11)24)6(18(26)27)3-7(14(12)22)19(28)29;1-3-6-9(11(18)15(23)7(3)16(24)25)14(22)8-4(17)2-5(19(26)27)12(20)10(8)13(6)21/h3,22,25H,1-2H3;2,20,23H,17-18H2,1H3,(H,24,25). The van der Waals surface area contributed by atoms with Crippen molar-refractivity contribution in [3.63, 3.8) is 0 Å². The van der Waals surface area contributed by atoms with E-state index in [2.05, 4.69) is 0 Å². The van der Waals surface area contributed by atoms with Crippen LogP contribution in [0.1, 0.15) is 102 Å². The first-order valence-corrected chi connectivity index (χ1v) is 15.4. The lowest BCUT2D eigenvalue weighted by Crippen LogP contribution is -2.26. The predicted molar refractivity (Wildman–Crippen MR) is 188 cm³/mol. The normalized spacial score (nSPS) is 12.3. The second kappa shape index (κ2) is 13.4. The lowest BCUT2D eigenvalue weighted by atomic mass is 9.77. The Morgan fingerprint density at radius 2 is 0.948 bits per heavy atom. The van der Waals surface area contributed by atoms with Gasteiger partial charge in [0.15, 0.2) is 28.9 Å². The molecule has 0 amide bonds. The quantitative estimate of drug-likeness (QED) is 0.0317. The maximum atomic E-state index is 13.1. The van der Waals surface area contributed by atoms with Crippen molar-refractivity contribution in [2.24, 2.45) is 0 Å². The number of aromatic hydroxyl groups is 4. The highest BCUT2D eigenvalue weighted by molar-refractivity contribution is 6.35. The molecule has 0 radical (unpaired) electrons.